The summed E-state index contributed by atoms with van der Waals surface area (Å²) in [4.78, 5) is 16.9. The zero-order chi connectivity index (χ0) is 19.6. The number of carbonyl (C=O) groups is 1. The Bertz CT molecular complexity index is 941. The van der Waals surface area contributed by atoms with Crippen molar-refractivity contribution < 1.29 is 13.2 Å². The summed E-state index contributed by atoms with van der Waals surface area (Å²) in [5, 5.41) is 0. The van der Waals surface area contributed by atoms with Crippen LogP contribution in [0.2, 0.25) is 0 Å². The van der Waals surface area contributed by atoms with Crippen molar-refractivity contribution in [3.8, 4) is 0 Å². The lowest BCUT2D eigenvalue weighted by atomic mass is 10.1. The molecule has 0 radical (unpaired) electrons. The Morgan fingerprint density at radius 1 is 1.19 bits per heavy atom. The normalized spacial score (nSPS) is 16.6. The summed E-state index contributed by atoms with van der Waals surface area (Å²) in [5.74, 6) is -0.183. The zero-order valence-corrected chi connectivity index (χ0v) is 16.7. The Morgan fingerprint density at radius 3 is 2.67 bits per heavy atom. The van der Waals surface area contributed by atoms with Crippen LogP contribution in [0, 0.1) is 0 Å². The van der Waals surface area contributed by atoms with Gasteiger partial charge in [0, 0.05) is 30.4 Å². The molecule has 1 heterocycles. The molecule has 1 amide bonds. The van der Waals surface area contributed by atoms with Gasteiger partial charge in [-0.15, -0.1) is 0 Å². The molecule has 27 heavy (non-hydrogen) atoms. The number of fused-ring (bicyclic) bond motifs is 1. The summed E-state index contributed by atoms with van der Waals surface area (Å²) in [6, 6.07) is 14.1. The van der Waals surface area contributed by atoms with E-state index >= 15 is 0 Å². The van der Waals surface area contributed by atoms with Crippen molar-refractivity contribution in [1.82, 2.24) is 9.62 Å². The molecule has 2 aromatic carbocycles. The summed E-state index contributed by atoms with van der Waals surface area (Å²) in [5.41, 5.74) is 2.40. The number of anilines is 1. The molecule has 0 aromatic heterocycles. The van der Waals surface area contributed by atoms with E-state index in [2.05, 4.69) is 4.72 Å². The number of likely N-dealkylation sites (N-methyl/N-ethyl adjacent to an activating group) is 1. The van der Waals surface area contributed by atoms with Crippen molar-refractivity contribution in [2.24, 2.45) is 0 Å². The average molecular weight is 388 g/mol. The van der Waals surface area contributed by atoms with Gasteiger partial charge in [0.05, 0.1) is 4.90 Å². The van der Waals surface area contributed by atoms with Crippen molar-refractivity contribution >= 4 is 21.6 Å². The number of carbonyl (C=O) groups excluding carboxylic acids is 1. The number of para-hydroxylation sites is 1. The summed E-state index contributed by atoms with van der Waals surface area (Å²) in [6.45, 7) is 2.91. The van der Waals surface area contributed by atoms with Crippen LogP contribution in [0.4, 0.5) is 5.69 Å². The first-order valence-corrected chi connectivity index (χ1v) is 10.4. The van der Waals surface area contributed by atoms with Crippen LogP contribution in [0.5, 0.6) is 0 Å². The van der Waals surface area contributed by atoms with Crippen molar-refractivity contribution in [2.75, 3.05) is 32.1 Å². The second-order valence-corrected chi connectivity index (χ2v) is 8.85. The average Bonchev–Trinajstić information content (AvgIpc) is 2.96. The number of sulfonamides is 1. The molecule has 1 aliphatic heterocycles. The first-order chi connectivity index (χ1) is 12.8. The van der Waals surface area contributed by atoms with Gasteiger partial charge in [-0.05, 0) is 57.3 Å². The van der Waals surface area contributed by atoms with Crippen molar-refractivity contribution in [2.45, 2.75) is 24.3 Å². The van der Waals surface area contributed by atoms with E-state index in [4.69, 9.17) is 0 Å². The monoisotopic (exact) mass is 387 g/mol. The van der Waals surface area contributed by atoms with Crippen molar-refractivity contribution in [3.63, 3.8) is 0 Å². The van der Waals surface area contributed by atoms with E-state index in [0.29, 0.717) is 18.7 Å². The Morgan fingerprint density at radius 2 is 1.93 bits per heavy atom. The van der Waals surface area contributed by atoms with E-state index < -0.39 is 10.0 Å². The fraction of sp³-hybridized carbons (Fsp3) is 0.350. The fourth-order valence-corrected chi connectivity index (χ4v) is 4.36. The minimum absolute atomic E-state index is 0.0355. The molecule has 0 saturated heterocycles. The first kappa shape index (κ1) is 19.5. The second-order valence-electron chi connectivity index (χ2n) is 7.09. The van der Waals surface area contributed by atoms with Gasteiger partial charge in [0.2, 0.25) is 10.0 Å². The molecule has 6 nitrogen and oxygen atoms in total. The molecule has 1 aliphatic rings. The predicted octanol–water partition coefficient (Wildman–Crippen LogP) is 2.12. The third-order valence-electron chi connectivity index (χ3n) is 4.67. The van der Waals surface area contributed by atoms with E-state index in [-0.39, 0.29) is 16.8 Å². The summed E-state index contributed by atoms with van der Waals surface area (Å²) < 4.78 is 27.6. The molecule has 0 spiro atoms. The van der Waals surface area contributed by atoms with E-state index in [1.54, 1.807) is 17.0 Å². The maximum atomic E-state index is 13.1. The molecule has 0 saturated carbocycles. The van der Waals surface area contributed by atoms with E-state index in [9.17, 15) is 13.2 Å². The summed E-state index contributed by atoms with van der Waals surface area (Å²) in [7, 11) is 0.0983. The number of benzene rings is 2. The molecule has 1 N–H and O–H groups in total. The van der Waals surface area contributed by atoms with Crippen LogP contribution in [0.25, 0.3) is 0 Å². The zero-order valence-electron chi connectivity index (χ0n) is 15.8. The highest BCUT2D eigenvalue weighted by Crippen LogP contribution is 2.33. The fourth-order valence-electron chi connectivity index (χ4n) is 3.30. The van der Waals surface area contributed by atoms with Crippen LogP contribution in [0.3, 0.4) is 0 Å². The third-order valence-corrected chi connectivity index (χ3v) is 6.13. The predicted molar refractivity (Wildman–Crippen MR) is 107 cm³/mol. The Hall–Kier alpha value is -2.22. The number of rotatable bonds is 6. The molecule has 7 heteroatoms. The molecular formula is C20H25N3O3S. The van der Waals surface area contributed by atoms with Gasteiger partial charge in [-0.25, -0.2) is 13.1 Å². The van der Waals surface area contributed by atoms with Crippen LogP contribution < -0.4 is 9.62 Å². The quantitative estimate of drug-likeness (QED) is 0.824. The summed E-state index contributed by atoms with van der Waals surface area (Å²) >= 11 is 0. The van der Waals surface area contributed by atoms with Gasteiger partial charge in [0.25, 0.3) is 5.91 Å². The lowest BCUT2D eigenvalue weighted by molar-refractivity contribution is 0.0981. The minimum Gasteiger partial charge on any atom is -0.308 e. The number of nitrogens with one attached hydrogen (secondary N) is 1. The van der Waals surface area contributed by atoms with Crippen molar-refractivity contribution in [3.05, 3.63) is 59.7 Å². The van der Waals surface area contributed by atoms with E-state index in [0.717, 1.165) is 17.7 Å². The molecule has 3 rings (SSSR count). The molecule has 0 aliphatic carbocycles. The topological polar surface area (TPSA) is 69.7 Å². The van der Waals surface area contributed by atoms with Gasteiger partial charge in [-0.2, -0.15) is 0 Å². The van der Waals surface area contributed by atoms with Crippen LogP contribution in [-0.2, 0) is 16.4 Å². The molecule has 144 valence electrons. The van der Waals surface area contributed by atoms with Gasteiger partial charge in [0.15, 0.2) is 0 Å². The summed E-state index contributed by atoms with van der Waals surface area (Å²) in [6.07, 6.45) is 0.798. The largest absolute Gasteiger partial charge is 0.308 e. The highest BCUT2D eigenvalue weighted by Gasteiger charge is 2.31. The number of hydrogen-bond donors (Lipinski definition) is 1. The first-order valence-electron chi connectivity index (χ1n) is 8.95. The number of nitrogens with zero attached hydrogens (tertiary/aromatic N) is 2. The molecule has 2 aromatic rings. The van der Waals surface area contributed by atoms with E-state index in [1.807, 2.05) is 50.2 Å². The molecule has 1 unspecified atom stereocenters. The number of amides is 1. The van der Waals surface area contributed by atoms with E-state index in [1.165, 1.54) is 12.1 Å². The van der Waals surface area contributed by atoms with Gasteiger partial charge < -0.3 is 9.80 Å². The minimum atomic E-state index is -3.66. The van der Waals surface area contributed by atoms with Gasteiger partial charge in [-0.1, -0.05) is 24.3 Å². The molecule has 0 fully saturated rings. The number of hydrogen-bond acceptors (Lipinski definition) is 4. The molecule has 0 bridgehead atoms. The lowest BCUT2D eigenvalue weighted by Gasteiger charge is -2.23. The third kappa shape index (κ3) is 4.21. The van der Waals surface area contributed by atoms with Crippen LogP contribution in [0.15, 0.2) is 53.4 Å². The van der Waals surface area contributed by atoms with Crippen LogP contribution in [-0.4, -0.2) is 52.5 Å². The van der Waals surface area contributed by atoms with Crippen LogP contribution >= 0.6 is 0 Å². The highest BCUT2D eigenvalue weighted by molar-refractivity contribution is 7.89. The molecular weight excluding hydrogens is 362 g/mol. The highest BCUT2D eigenvalue weighted by atomic mass is 32.2. The Labute approximate surface area is 160 Å². The maximum Gasteiger partial charge on any atom is 0.258 e. The second kappa shape index (κ2) is 7.80. The standard InChI is InChI=1S/C20H25N3O3S/c1-15-13-16-7-4-5-10-19(16)23(15)20(24)17-8-6-9-18(14-17)27(25,26)21-11-12-22(2)3/h4-10,14-15,21H,11-13H2,1-3H3. The SMILES string of the molecule is CC1Cc2ccccc2N1C(=O)c1cccc(S(=O)(=O)NCCN(C)C)c1. The Balaban J connectivity index is 1.84. The Kier molecular flexibility index (Phi) is 5.64. The van der Waals surface area contributed by atoms with Gasteiger partial charge >= 0.3 is 0 Å². The lowest BCUT2D eigenvalue weighted by Crippen LogP contribution is -2.36. The van der Waals surface area contributed by atoms with Crippen LogP contribution in [0.1, 0.15) is 22.8 Å². The maximum absolute atomic E-state index is 13.1. The molecule has 1 atom stereocenters. The van der Waals surface area contributed by atoms with Gasteiger partial charge in [-0.3, -0.25) is 4.79 Å². The smallest absolute Gasteiger partial charge is 0.258 e. The van der Waals surface area contributed by atoms with Crippen molar-refractivity contribution in [1.29, 1.82) is 0 Å². The van der Waals surface area contributed by atoms with Gasteiger partial charge in [0.1, 0.15) is 0 Å².